The van der Waals surface area contributed by atoms with Crippen LogP contribution in [0.1, 0.15) is 24.0 Å². The molecule has 2 aliphatic rings. The van der Waals surface area contributed by atoms with E-state index in [4.69, 9.17) is 14.2 Å². The number of ether oxygens (including phenoxy) is 3. The van der Waals surface area contributed by atoms with Crippen molar-refractivity contribution in [2.75, 3.05) is 26.5 Å². The summed E-state index contributed by atoms with van der Waals surface area (Å²) in [5, 5.41) is 6.35. The maximum absolute atomic E-state index is 12.2. The lowest BCUT2D eigenvalue weighted by Crippen LogP contribution is -2.37. The van der Waals surface area contributed by atoms with E-state index in [0.717, 1.165) is 31.5 Å². The van der Waals surface area contributed by atoms with Gasteiger partial charge in [0.05, 0.1) is 6.21 Å². The van der Waals surface area contributed by atoms with Gasteiger partial charge >= 0.3 is 11.8 Å². The van der Waals surface area contributed by atoms with Gasteiger partial charge < -0.3 is 24.4 Å². The molecule has 2 N–H and O–H groups in total. The largest absolute Gasteiger partial charge is 0.483 e. The number of hydrogen-bond acceptors (Lipinski definition) is 7. The van der Waals surface area contributed by atoms with E-state index in [9.17, 15) is 14.4 Å². The molecule has 172 valence electrons. The second-order valence-corrected chi connectivity index (χ2v) is 7.48. The molecule has 0 spiro atoms. The van der Waals surface area contributed by atoms with Gasteiger partial charge in [0, 0.05) is 25.2 Å². The lowest BCUT2D eigenvalue weighted by molar-refractivity contribution is -0.139. The number of carbonyl (C=O) groups excluding carboxylic acids is 3. The van der Waals surface area contributed by atoms with Crippen LogP contribution >= 0.6 is 0 Å². The first-order valence-electron chi connectivity index (χ1n) is 10.6. The van der Waals surface area contributed by atoms with Crippen molar-refractivity contribution >= 4 is 23.9 Å². The lowest BCUT2D eigenvalue weighted by Gasteiger charge is -2.16. The lowest BCUT2D eigenvalue weighted by atomic mass is 10.2. The average Bonchev–Trinajstić information content (AvgIpc) is 3.53. The molecule has 33 heavy (non-hydrogen) atoms. The van der Waals surface area contributed by atoms with E-state index in [1.54, 1.807) is 47.4 Å². The zero-order valence-corrected chi connectivity index (χ0v) is 17.9. The van der Waals surface area contributed by atoms with Crippen LogP contribution in [0.25, 0.3) is 0 Å². The molecule has 0 radical (unpaired) electrons. The molecule has 2 aliphatic heterocycles. The summed E-state index contributed by atoms with van der Waals surface area (Å²) in [7, 11) is 0. The van der Waals surface area contributed by atoms with Gasteiger partial charge in [-0.05, 0) is 42.7 Å². The van der Waals surface area contributed by atoms with Crippen LogP contribution in [-0.2, 0) is 20.9 Å². The molecule has 0 bridgehead atoms. The molecule has 10 heteroatoms. The van der Waals surface area contributed by atoms with Crippen LogP contribution < -0.4 is 25.0 Å². The van der Waals surface area contributed by atoms with Gasteiger partial charge in [0.1, 0.15) is 5.75 Å². The van der Waals surface area contributed by atoms with E-state index in [1.165, 1.54) is 6.21 Å². The van der Waals surface area contributed by atoms with Crippen molar-refractivity contribution in [1.82, 2.24) is 15.6 Å². The third kappa shape index (κ3) is 5.79. The summed E-state index contributed by atoms with van der Waals surface area (Å²) < 4.78 is 16.2. The average molecular weight is 452 g/mol. The summed E-state index contributed by atoms with van der Waals surface area (Å²) in [6, 6.07) is 12.2. The van der Waals surface area contributed by atoms with E-state index >= 15 is 0 Å². The van der Waals surface area contributed by atoms with E-state index in [2.05, 4.69) is 15.8 Å². The highest BCUT2D eigenvalue weighted by molar-refractivity contribution is 6.35. The van der Waals surface area contributed by atoms with Crippen molar-refractivity contribution in [2.45, 2.75) is 19.4 Å². The highest BCUT2D eigenvalue weighted by Gasteiger charge is 2.19. The molecule has 1 fully saturated rings. The summed E-state index contributed by atoms with van der Waals surface area (Å²) in [5.74, 6) is -0.109. The molecule has 10 nitrogen and oxygen atoms in total. The summed E-state index contributed by atoms with van der Waals surface area (Å²) in [6.07, 6.45) is 3.39. The molecule has 4 rings (SSSR count). The molecule has 0 aliphatic carbocycles. The molecule has 0 saturated carbocycles. The van der Waals surface area contributed by atoms with Gasteiger partial charge in [-0.3, -0.25) is 14.4 Å². The monoisotopic (exact) mass is 452 g/mol. The molecular formula is C23H24N4O6. The molecule has 2 aromatic carbocycles. The van der Waals surface area contributed by atoms with Crippen molar-refractivity contribution in [3.05, 3.63) is 53.6 Å². The molecule has 2 heterocycles. The topological polar surface area (TPSA) is 119 Å². The van der Waals surface area contributed by atoms with E-state index in [-0.39, 0.29) is 25.9 Å². The Morgan fingerprint density at radius 2 is 1.82 bits per heavy atom. The fourth-order valence-electron chi connectivity index (χ4n) is 3.44. The predicted octanol–water partition coefficient (Wildman–Crippen LogP) is 1.18. The fourth-order valence-corrected chi connectivity index (χ4v) is 3.44. The number of nitrogens with one attached hydrogen (secondary N) is 2. The first-order valence-corrected chi connectivity index (χ1v) is 10.6. The van der Waals surface area contributed by atoms with Crippen LogP contribution in [0.15, 0.2) is 47.6 Å². The number of likely N-dealkylation sites (tertiary alicyclic amines) is 1. The van der Waals surface area contributed by atoms with Crippen LogP contribution in [0.5, 0.6) is 17.2 Å². The maximum Gasteiger partial charge on any atom is 0.329 e. The van der Waals surface area contributed by atoms with Gasteiger partial charge in [0.25, 0.3) is 5.91 Å². The maximum atomic E-state index is 12.2. The van der Waals surface area contributed by atoms with Crippen LogP contribution in [0.4, 0.5) is 0 Å². The Balaban J connectivity index is 1.25. The number of amides is 3. The third-order valence-corrected chi connectivity index (χ3v) is 5.19. The summed E-state index contributed by atoms with van der Waals surface area (Å²) >= 11 is 0. The molecule has 3 amide bonds. The van der Waals surface area contributed by atoms with Gasteiger partial charge in [0.2, 0.25) is 6.79 Å². The van der Waals surface area contributed by atoms with Crippen molar-refractivity contribution in [3.8, 4) is 17.2 Å². The minimum Gasteiger partial charge on any atom is -0.483 e. The minimum atomic E-state index is -0.908. The number of carbonyl (C=O) groups is 3. The van der Waals surface area contributed by atoms with Gasteiger partial charge in [-0.1, -0.05) is 18.2 Å². The molecular weight excluding hydrogens is 428 g/mol. The Bertz CT molecular complexity index is 1060. The molecule has 2 aromatic rings. The standard InChI is InChI=1S/C23H24N4O6/c28-21(27-9-3-4-10-27)14-31-18-6-2-1-5-17(18)13-25-26-23(30)22(29)24-12-16-7-8-19-20(11-16)33-15-32-19/h1-2,5-8,11,13H,3-4,9-10,12,14-15H2,(H,24,29)(H,26,30)/b25-13-. The first-order chi connectivity index (χ1) is 16.1. The SMILES string of the molecule is O=C(NCc1ccc2c(c1)OCO2)C(=O)N/N=C\c1ccccc1OCC(=O)N1CCCC1. The molecule has 1 saturated heterocycles. The zero-order valence-electron chi connectivity index (χ0n) is 17.9. The van der Waals surface area contributed by atoms with Crippen molar-refractivity contribution in [2.24, 2.45) is 5.10 Å². The van der Waals surface area contributed by atoms with E-state index in [1.807, 2.05) is 0 Å². The van der Waals surface area contributed by atoms with Crippen molar-refractivity contribution < 1.29 is 28.6 Å². The highest BCUT2D eigenvalue weighted by atomic mass is 16.7. The summed E-state index contributed by atoms with van der Waals surface area (Å²) in [6.45, 7) is 1.75. The second kappa shape index (κ2) is 10.5. The van der Waals surface area contributed by atoms with E-state index < -0.39 is 11.8 Å². The quantitative estimate of drug-likeness (QED) is 0.370. The second-order valence-electron chi connectivity index (χ2n) is 7.48. The smallest absolute Gasteiger partial charge is 0.329 e. The number of hydrazone groups is 1. The summed E-state index contributed by atoms with van der Waals surface area (Å²) in [4.78, 5) is 38.0. The van der Waals surface area contributed by atoms with Gasteiger partial charge in [0.15, 0.2) is 18.1 Å². The number of rotatable bonds is 7. The number of hydrogen-bond donors (Lipinski definition) is 2. The number of para-hydroxylation sites is 1. The Labute approximate surface area is 190 Å². The Morgan fingerprint density at radius 1 is 1.03 bits per heavy atom. The van der Waals surface area contributed by atoms with Crippen molar-refractivity contribution in [3.63, 3.8) is 0 Å². The number of benzene rings is 2. The van der Waals surface area contributed by atoms with Gasteiger partial charge in [-0.25, -0.2) is 5.43 Å². The van der Waals surface area contributed by atoms with Crippen LogP contribution in [0.3, 0.4) is 0 Å². The Hall–Kier alpha value is -4.08. The molecule has 0 unspecified atom stereocenters. The predicted molar refractivity (Wildman–Crippen MR) is 118 cm³/mol. The van der Waals surface area contributed by atoms with Crippen molar-refractivity contribution in [1.29, 1.82) is 0 Å². The first kappa shape index (κ1) is 22.1. The normalized spacial score (nSPS) is 14.4. The van der Waals surface area contributed by atoms with Crippen LogP contribution in [0, 0.1) is 0 Å². The van der Waals surface area contributed by atoms with Gasteiger partial charge in [-0.2, -0.15) is 5.10 Å². The fraction of sp³-hybridized carbons (Fsp3) is 0.304. The zero-order chi connectivity index (χ0) is 23.0. The Morgan fingerprint density at radius 3 is 2.67 bits per heavy atom. The third-order valence-electron chi connectivity index (χ3n) is 5.19. The summed E-state index contributed by atoms with van der Waals surface area (Å²) in [5.41, 5.74) is 3.51. The highest BCUT2D eigenvalue weighted by Crippen LogP contribution is 2.32. The molecule has 0 atom stereocenters. The van der Waals surface area contributed by atoms with Crippen LogP contribution in [-0.4, -0.2) is 55.3 Å². The number of fused-ring (bicyclic) bond motifs is 1. The molecule has 0 aromatic heterocycles. The van der Waals surface area contributed by atoms with Gasteiger partial charge in [-0.15, -0.1) is 0 Å². The Kier molecular flexibility index (Phi) is 7.03. The number of nitrogens with zero attached hydrogens (tertiary/aromatic N) is 2. The van der Waals surface area contributed by atoms with E-state index in [0.29, 0.717) is 22.8 Å². The minimum absolute atomic E-state index is 0.0633. The van der Waals surface area contributed by atoms with Crippen LogP contribution in [0.2, 0.25) is 0 Å².